The number of nitrogens with zero attached hydrogens (tertiary/aromatic N) is 2. The second-order valence-corrected chi connectivity index (χ2v) is 4.85. The van der Waals surface area contributed by atoms with Gasteiger partial charge < -0.3 is 4.90 Å². The molecule has 78 valence electrons. The first-order valence-corrected chi connectivity index (χ1v) is 6.17. The van der Waals surface area contributed by atoms with Crippen molar-refractivity contribution in [1.82, 2.24) is 4.98 Å². The van der Waals surface area contributed by atoms with E-state index < -0.39 is 0 Å². The molecule has 2 aromatic rings. The SMILES string of the molecule is [2H][C@@H]1CCCN(c2nc3ccccc3s2)C1. The summed E-state index contributed by atoms with van der Waals surface area (Å²) in [6.45, 7) is 1.88. The largest absolute Gasteiger partial charge is 0.348 e. The Kier molecular flexibility index (Phi) is 2.06. The lowest BCUT2D eigenvalue weighted by molar-refractivity contribution is 0.577. The summed E-state index contributed by atoms with van der Waals surface area (Å²) in [7, 11) is 0. The van der Waals surface area contributed by atoms with Gasteiger partial charge in [0.1, 0.15) is 0 Å². The topological polar surface area (TPSA) is 16.1 Å². The summed E-state index contributed by atoms with van der Waals surface area (Å²) in [5.74, 6) is 0. The van der Waals surface area contributed by atoms with Crippen molar-refractivity contribution in [1.29, 1.82) is 0 Å². The zero-order valence-electron chi connectivity index (χ0n) is 9.52. The van der Waals surface area contributed by atoms with Gasteiger partial charge in [-0.2, -0.15) is 0 Å². The van der Waals surface area contributed by atoms with Crippen LogP contribution in [0, 0.1) is 0 Å². The quantitative estimate of drug-likeness (QED) is 0.731. The Morgan fingerprint density at radius 3 is 3.07 bits per heavy atom. The normalized spacial score (nSPS) is 23.1. The van der Waals surface area contributed by atoms with E-state index in [9.17, 15) is 0 Å². The van der Waals surface area contributed by atoms with E-state index in [1.54, 1.807) is 11.3 Å². The van der Waals surface area contributed by atoms with Gasteiger partial charge in [-0.1, -0.05) is 23.5 Å². The van der Waals surface area contributed by atoms with Crippen LogP contribution in [0.4, 0.5) is 5.13 Å². The predicted octanol–water partition coefficient (Wildman–Crippen LogP) is 3.29. The van der Waals surface area contributed by atoms with Gasteiger partial charge in [-0.15, -0.1) is 0 Å². The molecule has 2 heterocycles. The van der Waals surface area contributed by atoms with Gasteiger partial charge in [0.2, 0.25) is 0 Å². The van der Waals surface area contributed by atoms with E-state index in [1.807, 2.05) is 12.1 Å². The summed E-state index contributed by atoms with van der Waals surface area (Å²) < 4.78 is 9.06. The van der Waals surface area contributed by atoms with Crippen molar-refractivity contribution < 1.29 is 1.37 Å². The van der Waals surface area contributed by atoms with Crippen LogP contribution in [0.25, 0.3) is 10.2 Å². The highest BCUT2D eigenvalue weighted by atomic mass is 32.1. The highest BCUT2D eigenvalue weighted by Crippen LogP contribution is 2.29. The van der Waals surface area contributed by atoms with E-state index in [-0.39, 0.29) is 6.40 Å². The Hall–Kier alpha value is -1.09. The van der Waals surface area contributed by atoms with Crippen LogP contribution < -0.4 is 4.90 Å². The third kappa shape index (κ3) is 1.72. The van der Waals surface area contributed by atoms with Gasteiger partial charge in [0.25, 0.3) is 0 Å². The molecule has 0 bridgehead atoms. The molecule has 15 heavy (non-hydrogen) atoms. The van der Waals surface area contributed by atoms with E-state index in [4.69, 9.17) is 1.37 Å². The standard InChI is InChI=1S/C12H14N2S/c1-4-8-14(9-5-1)12-13-10-6-2-3-7-11(10)15-12/h2-3,6-7H,1,4-5,8-9H2/i4D/t4-/m1/s1. The van der Waals surface area contributed by atoms with E-state index in [2.05, 4.69) is 22.0 Å². The van der Waals surface area contributed by atoms with Gasteiger partial charge in [-0.05, 0) is 31.4 Å². The first kappa shape index (κ1) is 8.11. The molecule has 3 heteroatoms. The maximum Gasteiger partial charge on any atom is 0.186 e. The first-order valence-electron chi connectivity index (χ1n) is 5.93. The van der Waals surface area contributed by atoms with Crippen molar-refractivity contribution in [2.75, 3.05) is 18.0 Å². The number of para-hydroxylation sites is 1. The molecule has 0 spiro atoms. The molecule has 1 atom stereocenters. The number of benzene rings is 1. The number of hydrogen-bond acceptors (Lipinski definition) is 3. The van der Waals surface area contributed by atoms with Gasteiger partial charge in [0.05, 0.1) is 10.2 Å². The van der Waals surface area contributed by atoms with E-state index in [0.717, 1.165) is 36.6 Å². The monoisotopic (exact) mass is 219 g/mol. The molecule has 0 aliphatic carbocycles. The molecule has 3 rings (SSSR count). The number of anilines is 1. The summed E-state index contributed by atoms with van der Waals surface area (Å²) in [5.41, 5.74) is 1.08. The molecule has 1 aliphatic heterocycles. The van der Waals surface area contributed by atoms with Gasteiger partial charge in [0.15, 0.2) is 5.13 Å². The van der Waals surface area contributed by atoms with Crippen LogP contribution in [0.3, 0.4) is 0 Å². The van der Waals surface area contributed by atoms with Crippen LogP contribution in [0.5, 0.6) is 0 Å². The minimum atomic E-state index is 0.0563. The fraction of sp³-hybridized carbons (Fsp3) is 0.417. The Labute approximate surface area is 95.0 Å². The lowest BCUT2D eigenvalue weighted by Crippen LogP contribution is -2.29. The summed E-state index contributed by atoms with van der Waals surface area (Å²) in [4.78, 5) is 6.89. The summed E-state index contributed by atoms with van der Waals surface area (Å²) in [6.07, 6.45) is 2.20. The highest BCUT2D eigenvalue weighted by molar-refractivity contribution is 7.22. The number of thiazole rings is 1. The van der Waals surface area contributed by atoms with Crippen LogP contribution in [0.1, 0.15) is 20.6 Å². The van der Waals surface area contributed by atoms with Crippen LogP contribution in [0.2, 0.25) is 0 Å². The Morgan fingerprint density at radius 1 is 1.27 bits per heavy atom. The molecule has 1 aromatic carbocycles. The molecule has 1 saturated heterocycles. The molecule has 0 radical (unpaired) electrons. The van der Waals surface area contributed by atoms with Gasteiger partial charge in [0, 0.05) is 14.5 Å². The van der Waals surface area contributed by atoms with E-state index >= 15 is 0 Å². The average molecular weight is 219 g/mol. The van der Waals surface area contributed by atoms with Crippen molar-refractivity contribution >= 4 is 26.7 Å². The molecule has 2 nitrogen and oxygen atoms in total. The molecule has 0 saturated carbocycles. The molecular formula is C12H14N2S. The van der Waals surface area contributed by atoms with Crippen molar-refractivity contribution in [3.05, 3.63) is 24.3 Å². The number of aromatic nitrogens is 1. The Bertz CT molecular complexity index is 463. The third-order valence-corrected chi connectivity index (χ3v) is 3.84. The van der Waals surface area contributed by atoms with Crippen LogP contribution >= 0.6 is 11.3 Å². The molecule has 1 fully saturated rings. The maximum atomic E-state index is 7.82. The predicted molar refractivity (Wildman–Crippen MR) is 65.7 cm³/mol. The zero-order chi connectivity index (χ0) is 11.0. The minimum Gasteiger partial charge on any atom is -0.348 e. The van der Waals surface area contributed by atoms with Gasteiger partial charge in [-0.25, -0.2) is 4.98 Å². The second kappa shape index (κ2) is 3.81. The zero-order valence-corrected chi connectivity index (χ0v) is 9.33. The molecule has 0 N–H and O–H groups in total. The van der Waals surface area contributed by atoms with Crippen LogP contribution in [-0.4, -0.2) is 18.1 Å². The van der Waals surface area contributed by atoms with Gasteiger partial charge in [-0.3, -0.25) is 0 Å². The Balaban J connectivity index is 1.93. The average Bonchev–Trinajstić information content (AvgIpc) is 2.72. The molecule has 1 aromatic heterocycles. The summed E-state index contributed by atoms with van der Waals surface area (Å²) in [5, 5.41) is 1.08. The highest BCUT2D eigenvalue weighted by Gasteiger charge is 2.14. The number of rotatable bonds is 1. The summed E-state index contributed by atoms with van der Waals surface area (Å²) >= 11 is 1.74. The lowest BCUT2D eigenvalue weighted by Gasteiger charge is -2.25. The minimum absolute atomic E-state index is 0.0563. The second-order valence-electron chi connectivity index (χ2n) is 3.84. The maximum absolute atomic E-state index is 7.82. The molecule has 1 aliphatic rings. The number of piperidine rings is 1. The Morgan fingerprint density at radius 2 is 2.20 bits per heavy atom. The van der Waals surface area contributed by atoms with Crippen molar-refractivity contribution in [2.24, 2.45) is 0 Å². The third-order valence-electron chi connectivity index (χ3n) is 2.74. The molecule has 0 amide bonds. The van der Waals surface area contributed by atoms with E-state index in [0.29, 0.717) is 0 Å². The fourth-order valence-corrected chi connectivity index (χ4v) is 2.93. The smallest absolute Gasteiger partial charge is 0.186 e. The molecular weight excluding hydrogens is 204 g/mol. The van der Waals surface area contributed by atoms with Crippen molar-refractivity contribution in [3.63, 3.8) is 0 Å². The van der Waals surface area contributed by atoms with Crippen LogP contribution in [0.15, 0.2) is 24.3 Å². The first-order chi connectivity index (χ1) is 7.83. The molecule has 0 unspecified atom stereocenters. The number of fused-ring (bicyclic) bond motifs is 1. The van der Waals surface area contributed by atoms with Crippen molar-refractivity contribution in [3.8, 4) is 0 Å². The summed E-state index contributed by atoms with van der Waals surface area (Å²) in [6, 6.07) is 8.24. The lowest BCUT2D eigenvalue weighted by atomic mass is 10.1. The van der Waals surface area contributed by atoms with Gasteiger partial charge >= 0.3 is 0 Å². The van der Waals surface area contributed by atoms with E-state index in [1.165, 1.54) is 4.70 Å². The fourth-order valence-electron chi connectivity index (χ4n) is 1.93. The number of hydrogen-bond donors (Lipinski definition) is 0. The van der Waals surface area contributed by atoms with Crippen LogP contribution in [-0.2, 0) is 0 Å². The van der Waals surface area contributed by atoms with Crippen molar-refractivity contribution in [2.45, 2.75) is 19.2 Å².